The van der Waals surface area contributed by atoms with Crippen LogP contribution in [0.4, 0.5) is 0 Å². The van der Waals surface area contributed by atoms with Crippen molar-refractivity contribution in [1.29, 1.82) is 0 Å². The molecular formula is C12H20ClN3O. The third-order valence-electron chi connectivity index (χ3n) is 2.74. The molecule has 0 unspecified atom stereocenters. The maximum Gasteiger partial charge on any atom is 0.272 e. The average molecular weight is 258 g/mol. The monoisotopic (exact) mass is 257 g/mol. The van der Waals surface area contributed by atoms with E-state index in [1.54, 1.807) is 9.58 Å². The molecule has 17 heavy (non-hydrogen) atoms. The van der Waals surface area contributed by atoms with Gasteiger partial charge >= 0.3 is 0 Å². The number of rotatable bonds is 6. The van der Waals surface area contributed by atoms with Gasteiger partial charge in [0.05, 0.1) is 5.69 Å². The van der Waals surface area contributed by atoms with Crippen LogP contribution >= 0.6 is 11.6 Å². The first-order chi connectivity index (χ1) is 8.13. The summed E-state index contributed by atoms with van der Waals surface area (Å²) in [6.45, 7) is 5.40. The molecule has 0 bridgehead atoms. The standard InChI is InChI=1S/C12H20ClN3O/c1-4-10-9-11(15(3)14-10)12(17)16(5-2)8-6-7-13/h9H,4-8H2,1-3H3. The Kier molecular flexibility index (Phi) is 5.48. The maximum absolute atomic E-state index is 12.3. The van der Waals surface area contributed by atoms with Crippen LogP contribution in [0.2, 0.25) is 0 Å². The van der Waals surface area contributed by atoms with E-state index in [2.05, 4.69) is 5.10 Å². The maximum atomic E-state index is 12.3. The van der Waals surface area contributed by atoms with Gasteiger partial charge in [-0.2, -0.15) is 5.10 Å². The number of aryl methyl sites for hydroxylation is 2. The number of aromatic nitrogens is 2. The third-order valence-corrected chi connectivity index (χ3v) is 3.01. The second kappa shape index (κ2) is 6.64. The van der Waals surface area contributed by atoms with Crippen LogP contribution in [-0.2, 0) is 13.5 Å². The summed E-state index contributed by atoms with van der Waals surface area (Å²) in [5, 5.41) is 4.29. The van der Waals surface area contributed by atoms with Gasteiger partial charge in [0, 0.05) is 26.0 Å². The predicted octanol–water partition coefficient (Wildman–Crippen LogP) is 2.07. The van der Waals surface area contributed by atoms with E-state index in [-0.39, 0.29) is 5.91 Å². The first-order valence-electron chi connectivity index (χ1n) is 6.02. The molecule has 1 aromatic rings. The van der Waals surface area contributed by atoms with Crippen molar-refractivity contribution in [1.82, 2.24) is 14.7 Å². The predicted molar refractivity (Wildman–Crippen MR) is 69.5 cm³/mol. The molecule has 1 heterocycles. The molecule has 1 aromatic heterocycles. The lowest BCUT2D eigenvalue weighted by Gasteiger charge is -2.20. The summed E-state index contributed by atoms with van der Waals surface area (Å²) in [5.41, 5.74) is 1.60. The van der Waals surface area contributed by atoms with Crippen LogP contribution in [-0.4, -0.2) is 39.6 Å². The number of carbonyl (C=O) groups is 1. The minimum Gasteiger partial charge on any atom is -0.338 e. The second-order valence-electron chi connectivity index (χ2n) is 3.93. The molecule has 0 saturated carbocycles. The highest BCUT2D eigenvalue weighted by atomic mass is 35.5. The van der Waals surface area contributed by atoms with Crippen molar-refractivity contribution in [3.63, 3.8) is 0 Å². The largest absolute Gasteiger partial charge is 0.338 e. The molecule has 4 nitrogen and oxygen atoms in total. The minimum absolute atomic E-state index is 0.0346. The Balaban J connectivity index is 2.81. The Bertz CT molecular complexity index is 376. The quantitative estimate of drug-likeness (QED) is 0.732. The number of nitrogens with zero attached hydrogens (tertiary/aromatic N) is 3. The molecule has 0 atom stereocenters. The van der Waals surface area contributed by atoms with Crippen molar-refractivity contribution in [2.45, 2.75) is 26.7 Å². The van der Waals surface area contributed by atoms with Crippen molar-refractivity contribution in [3.8, 4) is 0 Å². The van der Waals surface area contributed by atoms with E-state index in [0.717, 1.165) is 18.5 Å². The minimum atomic E-state index is 0.0346. The van der Waals surface area contributed by atoms with E-state index in [1.807, 2.05) is 27.0 Å². The number of carbonyl (C=O) groups excluding carboxylic acids is 1. The second-order valence-corrected chi connectivity index (χ2v) is 4.30. The van der Waals surface area contributed by atoms with E-state index in [0.29, 0.717) is 24.7 Å². The van der Waals surface area contributed by atoms with Crippen molar-refractivity contribution in [2.24, 2.45) is 7.05 Å². The van der Waals surface area contributed by atoms with Gasteiger partial charge in [0.1, 0.15) is 5.69 Å². The molecular weight excluding hydrogens is 238 g/mol. The molecule has 0 radical (unpaired) electrons. The summed E-state index contributed by atoms with van der Waals surface area (Å²) < 4.78 is 1.66. The molecule has 96 valence electrons. The van der Waals surface area contributed by atoms with Crippen molar-refractivity contribution >= 4 is 17.5 Å². The lowest BCUT2D eigenvalue weighted by atomic mass is 10.2. The average Bonchev–Trinajstić information content (AvgIpc) is 2.71. The fourth-order valence-corrected chi connectivity index (χ4v) is 1.83. The van der Waals surface area contributed by atoms with Gasteiger partial charge in [0.25, 0.3) is 5.91 Å². The Morgan fingerprint density at radius 1 is 1.53 bits per heavy atom. The zero-order chi connectivity index (χ0) is 12.8. The highest BCUT2D eigenvalue weighted by Crippen LogP contribution is 2.08. The van der Waals surface area contributed by atoms with E-state index >= 15 is 0 Å². The summed E-state index contributed by atoms with van der Waals surface area (Å²) in [7, 11) is 1.81. The normalized spacial score (nSPS) is 10.6. The molecule has 0 N–H and O–H groups in total. The Morgan fingerprint density at radius 2 is 2.24 bits per heavy atom. The van der Waals surface area contributed by atoms with Gasteiger partial charge in [0.15, 0.2) is 0 Å². The van der Waals surface area contributed by atoms with E-state index in [4.69, 9.17) is 11.6 Å². The first-order valence-corrected chi connectivity index (χ1v) is 6.55. The zero-order valence-corrected chi connectivity index (χ0v) is 11.5. The molecule has 0 spiro atoms. The molecule has 0 aliphatic heterocycles. The Morgan fingerprint density at radius 3 is 2.71 bits per heavy atom. The van der Waals surface area contributed by atoms with Crippen LogP contribution in [0.5, 0.6) is 0 Å². The molecule has 1 rings (SSSR count). The topological polar surface area (TPSA) is 38.1 Å². The van der Waals surface area contributed by atoms with E-state index in [1.165, 1.54) is 0 Å². The zero-order valence-electron chi connectivity index (χ0n) is 10.7. The lowest BCUT2D eigenvalue weighted by molar-refractivity contribution is 0.0754. The highest BCUT2D eigenvalue weighted by molar-refractivity contribution is 6.17. The summed E-state index contributed by atoms with van der Waals surface area (Å²) in [4.78, 5) is 14.1. The number of hydrogen-bond donors (Lipinski definition) is 0. The van der Waals surface area contributed by atoms with E-state index < -0.39 is 0 Å². The van der Waals surface area contributed by atoms with Gasteiger partial charge in [-0.3, -0.25) is 9.48 Å². The fraction of sp³-hybridized carbons (Fsp3) is 0.667. The van der Waals surface area contributed by atoms with Crippen molar-refractivity contribution < 1.29 is 4.79 Å². The number of amides is 1. The molecule has 0 saturated heterocycles. The van der Waals surface area contributed by atoms with Gasteiger partial charge in [-0.05, 0) is 25.8 Å². The van der Waals surface area contributed by atoms with E-state index in [9.17, 15) is 4.79 Å². The smallest absolute Gasteiger partial charge is 0.272 e. The number of alkyl halides is 1. The third kappa shape index (κ3) is 3.46. The lowest BCUT2D eigenvalue weighted by Crippen LogP contribution is -2.33. The van der Waals surface area contributed by atoms with Gasteiger partial charge in [-0.25, -0.2) is 0 Å². The fourth-order valence-electron chi connectivity index (χ4n) is 1.72. The Hall–Kier alpha value is -1.03. The first kappa shape index (κ1) is 14.0. The van der Waals surface area contributed by atoms with Crippen LogP contribution in [0, 0.1) is 0 Å². The SMILES string of the molecule is CCc1cc(C(=O)N(CC)CCCCl)n(C)n1. The molecule has 0 aromatic carbocycles. The highest BCUT2D eigenvalue weighted by Gasteiger charge is 2.18. The number of hydrogen-bond acceptors (Lipinski definition) is 2. The van der Waals surface area contributed by atoms with Crippen LogP contribution in [0.3, 0.4) is 0 Å². The summed E-state index contributed by atoms with van der Waals surface area (Å²) in [6, 6.07) is 1.87. The Labute approximate surface area is 108 Å². The summed E-state index contributed by atoms with van der Waals surface area (Å²) >= 11 is 5.66. The van der Waals surface area contributed by atoms with Crippen molar-refractivity contribution in [3.05, 3.63) is 17.5 Å². The van der Waals surface area contributed by atoms with Crippen LogP contribution in [0.15, 0.2) is 6.07 Å². The molecule has 1 amide bonds. The van der Waals surface area contributed by atoms with Gasteiger partial charge in [0.2, 0.25) is 0 Å². The summed E-state index contributed by atoms with van der Waals surface area (Å²) in [5.74, 6) is 0.613. The molecule has 0 aliphatic rings. The van der Waals surface area contributed by atoms with Crippen molar-refractivity contribution in [2.75, 3.05) is 19.0 Å². The molecule has 0 fully saturated rings. The summed E-state index contributed by atoms with van der Waals surface area (Å²) in [6.07, 6.45) is 1.66. The molecule has 5 heteroatoms. The van der Waals surface area contributed by atoms with Crippen LogP contribution in [0.25, 0.3) is 0 Å². The van der Waals surface area contributed by atoms with Crippen LogP contribution < -0.4 is 0 Å². The molecule has 0 aliphatic carbocycles. The van der Waals surface area contributed by atoms with Crippen LogP contribution in [0.1, 0.15) is 36.5 Å². The van der Waals surface area contributed by atoms with Gasteiger partial charge < -0.3 is 4.90 Å². The number of halogens is 1. The van der Waals surface area contributed by atoms with Gasteiger partial charge in [-0.1, -0.05) is 6.92 Å². The van der Waals surface area contributed by atoms with Gasteiger partial charge in [-0.15, -0.1) is 11.6 Å².